The average molecular weight is 609 g/mol. The van der Waals surface area contributed by atoms with Crippen molar-refractivity contribution in [3.05, 3.63) is 94.0 Å². The Bertz CT molecular complexity index is 1740. The van der Waals surface area contributed by atoms with Crippen molar-refractivity contribution in [3.63, 3.8) is 0 Å². The van der Waals surface area contributed by atoms with E-state index >= 15 is 0 Å². The lowest BCUT2D eigenvalue weighted by molar-refractivity contribution is 0.224. The van der Waals surface area contributed by atoms with Crippen molar-refractivity contribution in [2.75, 3.05) is 48.5 Å². The second-order valence-corrected chi connectivity index (χ2v) is 12.3. The van der Waals surface area contributed by atoms with Gasteiger partial charge in [-0.3, -0.25) is 9.80 Å². The summed E-state index contributed by atoms with van der Waals surface area (Å²) in [5.41, 5.74) is 6.77. The smallest absolute Gasteiger partial charge is 0.204 e. The summed E-state index contributed by atoms with van der Waals surface area (Å²) < 4.78 is 30.6. The first-order chi connectivity index (χ1) is 21.9. The summed E-state index contributed by atoms with van der Waals surface area (Å²) in [7, 11) is 9.26. The molecule has 45 heavy (non-hydrogen) atoms. The summed E-state index contributed by atoms with van der Waals surface area (Å²) in [6.45, 7) is 1.73. The molecule has 8 nitrogen and oxygen atoms in total. The Morgan fingerprint density at radius 1 is 0.689 bits per heavy atom. The second kappa shape index (κ2) is 11.8. The number of phenols is 1. The molecule has 0 aliphatic carbocycles. The fourth-order valence-electron chi connectivity index (χ4n) is 7.13. The van der Waals surface area contributed by atoms with Gasteiger partial charge in [-0.1, -0.05) is 18.2 Å². The van der Waals surface area contributed by atoms with Gasteiger partial charge in [-0.2, -0.15) is 0 Å². The second-order valence-electron chi connectivity index (χ2n) is 12.3. The first kappa shape index (κ1) is 29.3. The van der Waals surface area contributed by atoms with E-state index in [9.17, 15) is 5.11 Å². The lowest BCUT2D eigenvalue weighted by Crippen LogP contribution is -2.34. The highest BCUT2D eigenvalue weighted by Crippen LogP contribution is 2.50. The summed E-state index contributed by atoms with van der Waals surface area (Å²) in [5, 5.41) is 11.3. The van der Waals surface area contributed by atoms with Gasteiger partial charge in [0.05, 0.1) is 21.3 Å². The van der Waals surface area contributed by atoms with Crippen molar-refractivity contribution in [3.8, 4) is 46.0 Å². The van der Waals surface area contributed by atoms with E-state index in [1.54, 1.807) is 21.3 Å². The van der Waals surface area contributed by atoms with Gasteiger partial charge in [0, 0.05) is 30.7 Å². The van der Waals surface area contributed by atoms with Gasteiger partial charge in [-0.25, -0.2) is 0 Å². The van der Waals surface area contributed by atoms with E-state index in [1.807, 2.05) is 30.3 Å². The van der Waals surface area contributed by atoms with Gasteiger partial charge in [0.2, 0.25) is 5.75 Å². The van der Waals surface area contributed by atoms with Gasteiger partial charge in [-0.05, 0) is 110 Å². The van der Waals surface area contributed by atoms with Crippen LogP contribution in [0.25, 0.3) is 0 Å². The van der Waals surface area contributed by atoms with Gasteiger partial charge >= 0.3 is 0 Å². The SMILES string of the molecule is COc1ccc2cc1Oc1ccc(cc1)C[C@@H]1c3cc(OC)c(OC)c(c3CCN1C)Oc1cc3c(cc1O)CCN(C)[C@H]3C2. The minimum Gasteiger partial charge on any atom is -0.504 e. The van der Waals surface area contributed by atoms with Crippen LogP contribution in [0.2, 0.25) is 0 Å². The molecule has 0 unspecified atom stereocenters. The number of ether oxygens (including phenoxy) is 5. The number of hydrogen-bond donors (Lipinski definition) is 1. The van der Waals surface area contributed by atoms with Crippen LogP contribution in [0.1, 0.15) is 45.5 Å². The molecule has 8 rings (SSSR count). The summed E-state index contributed by atoms with van der Waals surface area (Å²) in [6, 6.07) is 20.6. The summed E-state index contributed by atoms with van der Waals surface area (Å²) in [6.07, 6.45) is 3.16. The molecule has 234 valence electrons. The molecule has 4 heterocycles. The third-order valence-corrected chi connectivity index (χ3v) is 9.66. The van der Waals surface area contributed by atoms with E-state index in [4.69, 9.17) is 23.7 Å². The molecule has 8 heteroatoms. The Morgan fingerprint density at radius 3 is 2.11 bits per heavy atom. The molecule has 0 aromatic heterocycles. The molecule has 0 saturated heterocycles. The predicted molar refractivity (Wildman–Crippen MR) is 173 cm³/mol. The molecular formula is C37H40N2O6. The van der Waals surface area contributed by atoms with Gasteiger partial charge in [0.1, 0.15) is 5.75 Å². The van der Waals surface area contributed by atoms with Gasteiger partial charge in [0.15, 0.2) is 34.5 Å². The van der Waals surface area contributed by atoms with Crippen LogP contribution >= 0.6 is 0 Å². The maximum Gasteiger partial charge on any atom is 0.204 e. The van der Waals surface area contributed by atoms with Crippen molar-refractivity contribution in [1.82, 2.24) is 9.80 Å². The van der Waals surface area contributed by atoms with E-state index in [2.05, 4.69) is 54.2 Å². The number of phenolic OH excluding ortho intramolecular Hbond substituents is 1. The van der Waals surface area contributed by atoms with Crippen molar-refractivity contribution in [1.29, 1.82) is 0 Å². The molecule has 0 amide bonds. The number of benzene rings is 4. The maximum absolute atomic E-state index is 11.3. The van der Waals surface area contributed by atoms with Crippen LogP contribution in [0.15, 0.2) is 60.7 Å². The van der Waals surface area contributed by atoms with E-state index in [0.717, 1.165) is 72.3 Å². The van der Waals surface area contributed by atoms with Crippen molar-refractivity contribution < 1.29 is 28.8 Å². The number of aromatic hydroxyl groups is 1. The topological polar surface area (TPSA) is 72.9 Å². The number of likely N-dealkylation sites (N-methyl/N-ethyl adjacent to an activating group) is 2. The zero-order valence-corrected chi connectivity index (χ0v) is 26.6. The third kappa shape index (κ3) is 5.32. The molecule has 0 fully saturated rings. The lowest BCUT2D eigenvalue weighted by Gasteiger charge is -2.37. The number of fused-ring (bicyclic) bond motifs is 2. The van der Waals surface area contributed by atoms with Gasteiger partial charge < -0.3 is 28.8 Å². The van der Waals surface area contributed by atoms with E-state index in [-0.39, 0.29) is 17.8 Å². The van der Waals surface area contributed by atoms with Crippen LogP contribution in [-0.2, 0) is 25.7 Å². The highest BCUT2D eigenvalue weighted by atomic mass is 16.5. The Kier molecular flexibility index (Phi) is 7.71. The zero-order valence-electron chi connectivity index (χ0n) is 26.6. The molecule has 0 spiro atoms. The minimum absolute atomic E-state index is 0.0680. The first-order valence-electron chi connectivity index (χ1n) is 15.5. The normalized spacial score (nSPS) is 19.4. The lowest BCUT2D eigenvalue weighted by atomic mass is 9.87. The van der Waals surface area contributed by atoms with Gasteiger partial charge in [-0.15, -0.1) is 0 Å². The third-order valence-electron chi connectivity index (χ3n) is 9.66. The Balaban J connectivity index is 1.44. The minimum atomic E-state index is 0.0680. The Morgan fingerprint density at radius 2 is 1.38 bits per heavy atom. The fraction of sp³-hybridized carbons (Fsp3) is 0.351. The monoisotopic (exact) mass is 608 g/mol. The van der Waals surface area contributed by atoms with Crippen LogP contribution in [0, 0.1) is 0 Å². The quantitative estimate of drug-likeness (QED) is 0.271. The van der Waals surface area contributed by atoms with Crippen LogP contribution < -0.4 is 23.7 Å². The highest BCUT2D eigenvalue weighted by molar-refractivity contribution is 5.63. The van der Waals surface area contributed by atoms with E-state index < -0.39 is 0 Å². The molecule has 2 atom stereocenters. The fourth-order valence-corrected chi connectivity index (χ4v) is 7.13. The number of methoxy groups -OCH3 is 3. The molecule has 4 aromatic carbocycles. The van der Waals surface area contributed by atoms with Crippen molar-refractivity contribution in [2.45, 2.75) is 37.8 Å². The van der Waals surface area contributed by atoms with Crippen LogP contribution in [0.3, 0.4) is 0 Å². The number of nitrogens with zero attached hydrogens (tertiary/aromatic N) is 2. The Labute approximate surface area is 264 Å². The zero-order chi connectivity index (χ0) is 31.2. The van der Waals surface area contributed by atoms with Crippen LogP contribution in [0.5, 0.6) is 46.0 Å². The molecule has 0 saturated carbocycles. The maximum atomic E-state index is 11.3. The molecular weight excluding hydrogens is 568 g/mol. The van der Waals surface area contributed by atoms with E-state index in [1.165, 1.54) is 5.56 Å². The Hall–Kier alpha value is -4.40. The van der Waals surface area contributed by atoms with Crippen LogP contribution in [-0.4, -0.2) is 63.4 Å². The average Bonchev–Trinajstić information content (AvgIpc) is 3.04. The summed E-state index contributed by atoms with van der Waals surface area (Å²) >= 11 is 0. The number of rotatable bonds is 3. The van der Waals surface area contributed by atoms with Crippen molar-refractivity contribution in [2.24, 2.45) is 0 Å². The summed E-state index contributed by atoms with van der Waals surface area (Å²) in [4.78, 5) is 4.74. The molecule has 4 aliphatic heterocycles. The standard InChI is InChI=1S/C37H40N2O6/c1-38-14-12-24-19-31(40)33-20-27(24)29(38)17-23-8-11-32(41-3)34(18-23)44-25-9-6-22(7-10-25)16-30-28-21-35(42-4)37(43-5)36(45-33)26(28)13-15-39(30)2/h6-11,18-21,29-30,40H,12-17H2,1-5H3/t29-,30+/m0/s1. The van der Waals surface area contributed by atoms with E-state index in [0.29, 0.717) is 34.5 Å². The number of hydrogen-bond acceptors (Lipinski definition) is 8. The first-order valence-corrected chi connectivity index (χ1v) is 15.5. The molecule has 4 aromatic rings. The van der Waals surface area contributed by atoms with Gasteiger partial charge in [0.25, 0.3) is 0 Å². The van der Waals surface area contributed by atoms with Crippen LogP contribution in [0.4, 0.5) is 0 Å². The molecule has 0 radical (unpaired) electrons. The molecule has 10 bridgehead atoms. The highest BCUT2D eigenvalue weighted by Gasteiger charge is 2.33. The molecule has 4 aliphatic rings. The predicted octanol–water partition coefficient (Wildman–Crippen LogP) is 6.86. The largest absolute Gasteiger partial charge is 0.504 e. The molecule has 1 N–H and O–H groups in total. The summed E-state index contributed by atoms with van der Waals surface area (Å²) in [5.74, 6) is 4.38. The van der Waals surface area contributed by atoms with Crippen molar-refractivity contribution >= 4 is 0 Å².